The van der Waals surface area contributed by atoms with Crippen molar-refractivity contribution in [2.24, 2.45) is 5.92 Å². The average molecular weight is 581 g/mol. The van der Waals surface area contributed by atoms with Crippen molar-refractivity contribution in [3.8, 4) is 28.0 Å². The zero-order valence-corrected chi connectivity index (χ0v) is 24.7. The number of carbonyl (C=O) groups excluding carboxylic acids is 3. The Hall–Kier alpha value is -3.95. The third-order valence-electron chi connectivity index (χ3n) is 7.27. The first kappa shape index (κ1) is 30.0. The first-order valence-corrected chi connectivity index (χ1v) is 13.6. The molecule has 3 aromatic rings. The summed E-state index contributed by atoms with van der Waals surface area (Å²) in [4.78, 5) is 40.1. The van der Waals surface area contributed by atoms with Gasteiger partial charge in [0.1, 0.15) is 17.5 Å². The number of benzene rings is 3. The number of nitrogens with zero attached hydrogens (tertiary/aromatic N) is 2. The molecule has 1 heterocycles. The highest BCUT2D eigenvalue weighted by atomic mass is 35.5. The number of halogens is 2. The van der Waals surface area contributed by atoms with E-state index in [4.69, 9.17) is 16.3 Å². The second kappa shape index (κ2) is 12.3. The normalized spacial score (nSPS) is 15.5. The molecule has 0 aliphatic carbocycles. The number of hydrogen-bond donors (Lipinski definition) is 2. The first-order chi connectivity index (χ1) is 19.4. The summed E-state index contributed by atoms with van der Waals surface area (Å²) < 4.78 is 20.7. The molecule has 4 rings (SSSR count). The van der Waals surface area contributed by atoms with Crippen LogP contribution in [0.4, 0.5) is 14.9 Å². The minimum atomic E-state index is -1.03. The molecule has 0 saturated carbocycles. The van der Waals surface area contributed by atoms with Gasteiger partial charge in [0, 0.05) is 55.6 Å². The van der Waals surface area contributed by atoms with E-state index in [9.17, 15) is 14.4 Å². The third-order valence-corrected chi connectivity index (χ3v) is 7.68. The van der Waals surface area contributed by atoms with Crippen LogP contribution < -0.4 is 15.4 Å². The maximum atomic E-state index is 15.2. The van der Waals surface area contributed by atoms with E-state index < -0.39 is 29.6 Å². The van der Waals surface area contributed by atoms with Crippen LogP contribution in [0, 0.1) is 18.7 Å². The SMILES string of the molecule is COc1cc(-c2cccc(-c3cccc(NC(=O)C4CN(C)C(=O)N(C)C4=O)c3C)c2Cl)cc(F)c1CNC(C)C. The van der Waals surface area contributed by atoms with Crippen LogP contribution in [0.2, 0.25) is 5.02 Å². The number of urea groups is 1. The maximum Gasteiger partial charge on any atom is 0.326 e. The number of carbonyl (C=O) groups is 3. The van der Waals surface area contributed by atoms with E-state index in [0.29, 0.717) is 45.3 Å². The minimum absolute atomic E-state index is 0.00715. The van der Waals surface area contributed by atoms with E-state index >= 15 is 4.39 Å². The minimum Gasteiger partial charge on any atom is -0.496 e. The van der Waals surface area contributed by atoms with Crippen molar-refractivity contribution >= 4 is 35.1 Å². The molecule has 1 aliphatic heterocycles. The molecule has 0 bridgehead atoms. The van der Waals surface area contributed by atoms with E-state index in [-0.39, 0.29) is 12.6 Å². The van der Waals surface area contributed by atoms with Crippen LogP contribution in [-0.2, 0) is 16.1 Å². The first-order valence-electron chi connectivity index (χ1n) is 13.3. The topological polar surface area (TPSA) is 91.0 Å². The Morgan fingerprint density at radius 1 is 1.10 bits per heavy atom. The molecule has 0 aromatic heterocycles. The van der Waals surface area contributed by atoms with E-state index in [0.717, 1.165) is 16.0 Å². The number of amides is 4. The summed E-state index contributed by atoms with van der Waals surface area (Å²) in [5.41, 5.74) is 4.34. The van der Waals surface area contributed by atoms with Gasteiger partial charge in [0.05, 0.1) is 12.1 Å². The Morgan fingerprint density at radius 3 is 2.44 bits per heavy atom. The van der Waals surface area contributed by atoms with Crippen LogP contribution in [0.3, 0.4) is 0 Å². The van der Waals surface area contributed by atoms with Gasteiger partial charge in [-0.2, -0.15) is 0 Å². The Labute approximate surface area is 244 Å². The highest BCUT2D eigenvalue weighted by Crippen LogP contribution is 2.41. The second-order valence-electron chi connectivity index (χ2n) is 10.4. The molecule has 1 aliphatic rings. The molecule has 1 atom stereocenters. The second-order valence-corrected chi connectivity index (χ2v) is 10.8. The summed E-state index contributed by atoms with van der Waals surface area (Å²) in [6, 6.07) is 13.9. The largest absolute Gasteiger partial charge is 0.496 e. The highest BCUT2D eigenvalue weighted by molar-refractivity contribution is 6.36. The molecule has 0 radical (unpaired) electrons. The van der Waals surface area contributed by atoms with Crippen molar-refractivity contribution in [1.82, 2.24) is 15.1 Å². The van der Waals surface area contributed by atoms with Crippen molar-refractivity contribution in [3.05, 3.63) is 70.5 Å². The Morgan fingerprint density at radius 2 is 1.76 bits per heavy atom. The molecule has 2 N–H and O–H groups in total. The predicted octanol–water partition coefficient (Wildman–Crippen LogP) is 5.71. The van der Waals surface area contributed by atoms with Crippen LogP contribution in [0.15, 0.2) is 48.5 Å². The smallest absolute Gasteiger partial charge is 0.326 e. The van der Waals surface area contributed by atoms with Crippen molar-refractivity contribution in [2.45, 2.75) is 33.4 Å². The van der Waals surface area contributed by atoms with E-state index in [1.54, 1.807) is 25.2 Å². The van der Waals surface area contributed by atoms with Gasteiger partial charge in [0.25, 0.3) is 0 Å². The van der Waals surface area contributed by atoms with Gasteiger partial charge >= 0.3 is 6.03 Å². The molecule has 1 fully saturated rings. The lowest BCUT2D eigenvalue weighted by Crippen LogP contribution is -2.56. The van der Waals surface area contributed by atoms with Crippen molar-refractivity contribution < 1.29 is 23.5 Å². The maximum absolute atomic E-state index is 15.2. The number of anilines is 1. The van der Waals surface area contributed by atoms with Crippen LogP contribution in [-0.4, -0.2) is 61.4 Å². The summed E-state index contributed by atoms with van der Waals surface area (Å²) in [6.07, 6.45) is 0. The monoisotopic (exact) mass is 580 g/mol. The predicted molar refractivity (Wildman–Crippen MR) is 158 cm³/mol. The van der Waals surface area contributed by atoms with Crippen LogP contribution in [0.25, 0.3) is 22.3 Å². The molecule has 41 heavy (non-hydrogen) atoms. The standard InChI is InChI=1S/C31H34ClFN4O4/c1-17(2)34-15-23-25(33)13-19(14-27(23)41-6)21-10-7-11-22(28(21)32)20-9-8-12-26(18(20)3)35-29(38)24-16-36(4)31(40)37(5)30(24)39/h7-14,17,24,34H,15-16H2,1-6H3,(H,35,38). The molecule has 1 saturated heterocycles. The molecular weight excluding hydrogens is 547 g/mol. The van der Waals surface area contributed by atoms with Crippen molar-refractivity contribution in [1.29, 1.82) is 0 Å². The van der Waals surface area contributed by atoms with E-state index in [1.807, 2.05) is 45.0 Å². The third kappa shape index (κ3) is 6.06. The lowest BCUT2D eigenvalue weighted by atomic mass is 9.94. The quantitative estimate of drug-likeness (QED) is 0.333. The van der Waals surface area contributed by atoms with Gasteiger partial charge in [-0.25, -0.2) is 9.18 Å². The number of methoxy groups -OCH3 is 1. The zero-order valence-electron chi connectivity index (χ0n) is 24.0. The highest BCUT2D eigenvalue weighted by Gasteiger charge is 2.39. The summed E-state index contributed by atoms with van der Waals surface area (Å²) in [7, 11) is 4.41. The van der Waals surface area contributed by atoms with Crippen LogP contribution in [0.1, 0.15) is 25.0 Å². The van der Waals surface area contributed by atoms with Crippen LogP contribution >= 0.6 is 11.6 Å². The number of ether oxygens (including phenoxy) is 1. The molecular formula is C31H34ClFN4O4. The van der Waals surface area contributed by atoms with Gasteiger partial charge in [-0.1, -0.05) is 55.8 Å². The molecule has 0 spiro atoms. The van der Waals surface area contributed by atoms with Crippen molar-refractivity contribution in [2.75, 3.05) is 33.1 Å². The summed E-state index contributed by atoms with van der Waals surface area (Å²) in [6.45, 7) is 6.14. The zero-order chi connectivity index (χ0) is 30.0. The van der Waals surface area contributed by atoms with Gasteiger partial charge < -0.3 is 20.3 Å². The van der Waals surface area contributed by atoms with E-state index in [2.05, 4.69) is 10.6 Å². The average Bonchev–Trinajstić information content (AvgIpc) is 2.94. The van der Waals surface area contributed by atoms with Gasteiger partial charge in [-0.15, -0.1) is 0 Å². The van der Waals surface area contributed by atoms with Gasteiger partial charge in [-0.3, -0.25) is 14.5 Å². The lowest BCUT2D eigenvalue weighted by Gasteiger charge is -2.33. The number of rotatable bonds is 8. The molecule has 3 aromatic carbocycles. The van der Waals surface area contributed by atoms with Gasteiger partial charge in [0.2, 0.25) is 11.8 Å². The molecule has 4 amide bonds. The summed E-state index contributed by atoms with van der Waals surface area (Å²) >= 11 is 6.93. The molecule has 216 valence electrons. The Bertz CT molecular complexity index is 1510. The number of nitrogens with one attached hydrogen (secondary N) is 2. The fourth-order valence-electron chi connectivity index (χ4n) is 4.88. The summed E-state index contributed by atoms with van der Waals surface area (Å²) in [5.74, 6) is -2.06. The fraction of sp³-hybridized carbons (Fsp3) is 0.323. The van der Waals surface area contributed by atoms with Crippen LogP contribution in [0.5, 0.6) is 5.75 Å². The number of imide groups is 1. The van der Waals surface area contributed by atoms with E-state index in [1.165, 1.54) is 25.1 Å². The summed E-state index contributed by atoms with van der Waals surface area (Å²) in [5, 5.41) is 6.48. The number of hydrogen-bond acceptors (Lipinski definition) is 5. The van der Waals surface area contributed by atoms with Gasteiger partial charge in [0.15, 0.2) is 0 Å². The molecule has 8 nitrogen and oxygen atoms in total. The lowest BCUT2D eigenvalue weighted by molar-refractivity contribution is -0.140. The molecule has 1 unspecified atom stereocenters. The fourth-order valence-corrected chi connectivity index (χ4v) is 5.22. The molecule has 10 heteroatoms. The van der Waals surface area contributed by atoms with Gasteiger partial charge in [-0.05, 0) is 41.8 Å². The van der Waals surface area contributed by atoms with Crippen molar-refractivity contribution in [3.63, 3.8) is 0 Å². The Balaban J connectivity index is 1.66. The Kier molecular flexibility index (Phi) is 8.99.